The van der Waals surface area contributed by atoms with E-state index in [1.54, 1.807) is 6.92 Å². The Bertz CT molecular complexity index is 355. The van der Waals surface area contributed by atoms with Gasteiger partial charge < -0.3 is 20.0 Å². The number of aliphatic hydroxyl groups is 1. The third-order valence-corrected chi connectivity index (χ3v) is 1.87. The molecule has 0 aliphatic heterocycles. The molecule has 1 aromatic heterocycles. The number of hydrogen-bond acceptors (Lipinski definition) is 3. The highest BCUT2D eigenvalue weighted by Gasteiger charge is 2.14. The Morgan fingerprint density at radius 1 is 1.64 bits per heavy atom. The summed E-state index contributed by atoms with van der Waals surface area (Å²) in [7, 11) is 0. The highest BCUT2D eigenvalue weighted by molar-refractivity contribution is 5.92. The summed E-state index contributed by atoms with van der Waals surface area (Å²) < 4.78 is 0. The number of amides is 1. The van der Waals surface area contributed by atoms with Gasteiger partial charge in [0.05, 0.1) is 6.61 Å². The number of aromatic amines is 2. The molecule has 0 aromatic carbocycles. The van der Waals surface area contributed by atoms with Gasteiger partial charge in [-0.25, -0.2) is 4.79 Å². The van der Waals surface area contributed by atoms with Gasteiger partial charge in [-0.2, -0.15) is 0 Å². The van der Waals surface area contributed by atoms with E-state index in [1.165, 1.54) is 11.1 Å². The van der Waals surface area contributed by atoms with Crippen LogP contribution in [0.3, 0.4) is 0 Å². The van der Waals surface area contributed by atoms with E-state index in [4.69, 9.17) is 5.11 Å². The van der Waals surface area contributed by atoms with Gasteiger partial charge in [0.1, 0.15) is 5.69 Å². The van der Waals surface area contributed by atoms with Crippen LogP contribution in [0.1, 0.15) is 17.4 Å². The van der Waals surface area contributed by atoms with Crippen molar-refractivity contribution in [2.45, 2.75) is 6.92 Å². The number of carbonyl (C=O) groups excluding carboxylic acids is 1. The topological polar surface area (TPSA) is 89.2 Å². The number of hydrogen-bond donors (Lipinski definition) is 3. The predicted octanol–water partition coefficient (Wildman–Crippen LogP) is -0.843. The standard InChI is InChI=1S/C8H13N3O3/c1-2-11(3-4-12)7(13)6-5-9-8(14)10-6/h5,12H,2-4H2,1H3,(H2,9,10,14). The number of aliphatic hydroxyl groups excluding tert-OH is 1. The third-order valence-electron chi connectivity index (χ3n) is 1.87. The van der Waals surface area contributed by atoms with E-state index in [0.717, 1.165) is 0 Å². The Labute approximate surface area is 80.6 Å². The van der Waals surface area contributed by atoms with Crippen LogP contribution in [-0.2, 0) is 0 Å². The van der Waals surface area contributed by atoms with E-state index >= 15 is 0 Å². The van der Waals surface area contributed by atoms with Crippen LogP contribution in [0.2, 0.25) is 0 Å². The Morgan fingerprint density at radius 3 is 2.79 bits per heavy atom. The first-order valence-corrected chi connectivity index (χ1v) is 4.36. The summed E-state index contributed by atoms with van der Waals surface area (Å²) in [5, 5.41) is 8.70. The summed E-state index contributed by atoms with van der Waals surface area (Å²) in [5.41, 5.74) is -0.196. The Morgan fingerprint density at radius 2 is 2.36 bits per heavy atom. The van der Waals surface area contributed by atoms with Crippen LogP contribution >= 0.6 is 0 Å². The van der Waals surface area contributed by atoms with Crippen molar-refractivity contribution < 1.29 is 9.90 Å². The smallest absolute Gasteiger partial charge is 0.323 e. The van der Waals surface area contributed by atoms with Crippen LogP contribution in [0, 0.1) is 0 Å². The molecule has 0 aliphatic carbocycles. The van der Waals surface area contributed by atoms with Gasteiger partial charge in [0.25, 0.3) is 5.91 Å². The molecule has 78 valence electrons. The number of aromatic nitrogens is 2. The first-order valence-electron chi connectivity index (χ1n) is 4.36. The quantitative estimate of drug-likeness (QED) is 0.590. The fraction of sp³-hybridized carbons (Fsp3) is 0.500. The van der Waals surface area contributed by atoms with Crippen molar-refractivity contribution >= 4 is 5.91 Å². The van der Waals surface area contributed by atoms with Gasteiger partial charge in [0.2, 0.25) is 0 Å². The lowest BCUT2D eigenvalue weighted by Crippen LogP contribution is -2.33. The first kappa shape index (κ1) is 10.5. The second kappa shape index (κ2) is 4.61. The number of rotatable bonds is 4. The van der Waals surface area contributed by atoms with Gasteiger partial charge in [0, 0.05) is 19.3 Å². The third kappa shape index (κ3) is 2.23. The molecule has 1 rings (SSSR count). The molecule has 0 radical (unpaired) electrons. The van der Waals surface area contributed by atoms with E-state index < -0.39 is 5.69 Å². The Balaban J connectivity index is 2.77. The predicted molar refractivity (Wildman–Crippen MR) is 50.1 cm³/mol. The summed E-state index contributed by atoms with van der Waals surface area (Å²) in [6, 6.07) is 0. The second-order valence-electron chi connectivity index (χ2n) is 2.76. The normalized spacial score (nSPS) is 10.1. The van der Waals surface area contributed by atoms with Crippen molar-refractivity contribution in [3.8, 4) is 0 Å². The van der Waals surface area contributed by atoms with E-state index in [1.807, 2.05) is 0 Å². The monoisotopic (exact) mass is 199 g/mol. The van der Waals surface area contributed by atoms with Crippen LogP contribution < -0.4 is 5.69 Å². The van der Waals surface area contributed by atoms with E-state index in [2.05, 4.69) is 9.97 Å². The first-order chi connectivity index (χ1) is 6.69. The van der Waals surface area contributed by atoms with Crippen molar-refractivity contribution in [3.63, 3.8) is 0 Å². The van der Waals surface area contributed by atoms with Crippen molar-refractivity contribution in [2.24, 2.45) is 0 Å². The maximum atomic E-state index is 11.6. The van der Waals surface area contributed by atoms with Crippen LogP contribution in [0.4, 0.5) is 0 Å². The molecule has 1 amide bonds. The molecule has 6 nitrogen and oxygen atoms in total. The minimum absolute atomic E-state index is 0.0891. The molecule has 0 aliphatic rings. The second-order valence-corrected chi connectivity index (χ2v) is 2.76. The zero-order chi connectivity index (χ0) is 10.6. The van der Waals surface area contributed by atoms with Gasteiger partial charge in [-0.05, 0) is 6.92 Å². The molecule has 14 heavy (non-hydrogen) atoms. The number of imidazole rings is 1. The van der Waals surface area contributed by atoms with Gasteiger partial charge in [-0.15, -0.1) is 0 Å². The van der Waals surface area contributed by atoms with Gasteiger partial charge in [0.15, 0.2) is 0 Å². The highest BCUT2D eigenvalue weighted by Crippen LogP contribution is 1.97. The molecule has 6 heteroatoms. The molecule has 0 unspecified atom stereocenters. The van der Waals surface area contributed by atoms with Crippen molar-refractivity contribution in [2.75, 3.05) is 19.7 Å². The molecule has 3 N–H and O–H groups in total. The molecule has 0 bridgehead atoms. The number of nitrogens with one attached hydrogen (secondary N) is 2. The van der Waals surface area contributed by atoms with Gasteiger partial charge >= 0.3 is 5.69 Å². The molecule has 0 saturated heterocycles. The molecule has 0 atom stereocenters. The zero-order valence-electron chi connectivity index (χ0n) is 7.91. The number of likely N-dealkylation sites (N-methyl/N-ethyl adjacent to an activating group) is 1. The summed E-state index contributed by atoms with van der Waals surface area (Å²) in [6.45, 7) is 2.47. The summed E-state index contributed by atoms with van der Waals surface area (Å²) in [6.07, 6.45) is 1.32. The van der Waals surface area contributed by atoms with Crippen molar-refractivity contribution in [1.82, 2.24) is 14.9 Å². The lowest BCUT2D eigenvalue weighted by atomic mass is 10.4. The summed E-state index contributed by atoms with van der Waals surface area (Å²) in [5.74, 6) is -0.292. The molecule has 1 heterocycles. The molecule has 0 saturated carbocycles. The fourth-order valence-electron chi connectivity index (χ4n) is 1.14. The van der Waals surface area contributed by atoms with Crippen molar-refractivity contribution in [1.29, 1.82) is 0 Å². The fourth-order valence-corrected chi connectivity index (χ4v) is 1.14. The molecule has 0 spiro atoms. The Kier molecular flexibility index (Phi) is 3.47. The van der Waals surface area contributed by atoms with Gasteiger partial charge in [-0.3, -0.25) is 4.79 Å². The van der Waals surface area contributed by atoms with E-state index in [-0.39, 0.29) is 24.8 Å². The number of H-pyrrole nitrogens is 2. The van der Waals surface area contributed by atoms with Crippen LogP contribution in [0.5, 0.6) is 0 Å². The lowest BCUT2D eigenvalue weighted by molar-refractivity contribution is 0.0726. The largest absolute Gasteiger partial charge is 0.395 e. The maximum absolute atomic E-state index is 11.6. The summed E-state index contributed by atoms with van der Waals surface area (Å²) in [4.78, 5) is 28.5. The molecular formula is C8H13N3O3. The SMILES string of the molecule is CCN(CCO)C(=O)c1c[nH]c(=O)[nH]1. The average Bonchev–Trinajstić information content (AvgIpc) is 2.60. The van der Waals surface area contributed by atoms with Crippen LogP contribution in [0.15, 0.2) is 11.0 Å². The minimum atomic E-state index is -0.409. The van der Waals surface area contributed by atoms with Crippen LogP contribution in [-0.4, -0.2) is 45.6 Å². The minimum Gasteiger partial charge on any atom is -0.395 e. The Hall–Kier alpha value is -1.56. The van der Waals surface area contributed by atoms with E-state index in [0.29, 0.717) is 6.54 Å². The van der Waals surface area contributed by atoms with Crippen LogP contribution in [0.25, 0.3) is 0 Å². The molecular weight excluding hydrogens is 186 g/mol. The number of carbonyl (C=O) groups is 1. The lowest BCUT2D eigenvalue weighted by Gasteiger charge is -2.18. The highest BCUT2D eigenvalue weighted by atomic mass is 16.3. The van der Waals surface area contributed by atoms with Crippen molar-refractivity contribution in [3.05, 3.63) is 22.4 Å². The van der Waals surface area contributed by atoms with E-state index in [9.17, 15) is 9.59 Å². The number of nitrogens with zero attached hydrogens (tertiary/aromatic N) is 1. The average molecular weight is 199 g/mol. The molecule has 0 fully saturated rings. The maximum Gasteiger partial charge on any atom is 0.323 e. The summed E-state index contributed by atoms with van der Waals surface area (Å²) >= 11 is 0. The van der Waals surface area contributed by atoms with Gasteiger partial charge in [-0.1, -0.05) is 0 Å². The molecule has 1 aromatic rings. The zero-order valence-corrected chi connectivity index (χ0v) is 7.91.